The molecule has 0 fully saturated rings. The molecule has 9 aromatic carbocycles. The Labute approximate surface area is 831 Å². The molecule has 4 N–H and O–H groups in total. The summed E-state index contributed by atoms with van der Waals surface area (Å²) in [7, 11) is 0. The summed E-state index contributed by atoms with van der Waals surface area (Å²) in [5.74, 6) is 6.78. The number of ether oxygens (including phenoxy) is 8. The number of halogens is 6. The number of hydrogen-bond donors (Lipinski definition) is 4. The van der Waals surface area contributed by atoms with E-state index in [9.17, 15) is 19.2 Å². The third-order valence-electron chi connectivity index (χ3n) is 24.8. The number of imidazole rings is 2. The summed E-state index contributed by atoms with van der Waals surface area (Å²) in [6.45, 7) is 14.4. The molecular formula is C108H108Cl6N12O12. The molecule has 0 bridgehead atoms. The fourth-order valence-electron chi connectivity index (χ4n) is 18.0. The summed E-state index contributed by atoms with van der Waals surface area (Å²) in [5, 5.41) is 7.15. The molecule has 0 radical (unpaired) electrons. The van der Waals surface area contributed by atoms with Gasteiger partial charge in [0.15, 0.2) is 0 Å². The van der Waals surface area contributed by atoms with Gasteiger partial charge in [-0.2, -0.15) is 0 Å². The molecule has 4 aliphatic rings. The van der Waals surface area contributed by atoms with Gasteiger partial charge in [0, 0.05) is 169 Å². The van der Waals surface area contributed by atoms with Gasteiger partial charge in [-0.15, -0.1) is 35.5 Å². The van der Waals surface area contributed by atoms with Crippen LogP contribution in [0.15, 0.2) is 250 Å². The third kappa shape index (κ3) is 23.8. The highest BCUT2D eigenvalue weighted by atomic mass is 35.5. The van der Waals surface area contributed by atoms with Crippen LogP contribution in [0.4, 0.5) is 19.2 Å². The van der Waals surface area contributed by atoms with Gasteiger partial charge in [-0.1, -0.05) is 145 Å². The van der Waals surface area contributed by atoms with E-state index in [0.29, 0.717) is 110 Å². The van der Waals surface area contributed by atoms with Crippen LogP contribution in [0.2, 0.25) is 20.1 Å². The lowest BCUT2D eigenvalue weighted by molar-refractivity contribution is 0.0578. The average molecular weight is 1980 g/mol. The summed E-state index contributed by atoms with van der Waals surface area (Å²) >= 11 is 36.6. The van der Waals surface area contributed by atoms with Crippen LogP contribution in [-0.2, 0) is 64.3 Å². The van der Waals surface area contributed by atoms with Crippen LogP contribution < -0.4 is 18.9 Å². The fourth-order valence-corrected chi connectivity index (χ4v) is 18.9. The van der Waals surface area contributed by atoms with Gasteiger partial charge in [0.2, 0.25) is 0 Å². The SMILES string of the molecule is C#CCCOC(=O)N1CCc2c([nH]c3ccc(Cl)cc23)C1c1ccc(OCCCn2ccnc2)cc1.C=CCOC(=O)N1CCc2c([nH]c3ccc(Cl)cc23)C1c1ccc(OCCCn2ccnc2)cc1.CCC(C)OC(=O)N1CCc2c([nH]c3ccc(Cl)cc23)C1c1ccc(OCCCCl)cc1.O=C(OCc1ccccc1)N1CCc2c([nH]c3ccc(Cl)cc23)C1c1ccc(OCCCCl)cc1. The van der Waals surface area contributed by atoms with Crippen molar-refractivity contribution < 1.29 is 57.1 Å². The quantitative estimate of drug-likeness (QED) is 0.0107. The second-order valence-electron chi connectivity index (χ2n) is 33.9. The van der Waals surface area contributed by atoms with Crippen molar-refractivity contribution >= 4 is 138 Å². The van der Waals surface area contributed by atoms with E-state index in [1.165, 1.54) is 22.3 Å². The number of nitrogens with one attached hydrogen (secondary N) is 4. The molecule has 5 atom stereocenters. The molecule has 6 aromatic heterocycles. The maximum atomic E-state index is 13.3. The molecule has 0 spiro atoms. The number of aryl methyl sites for hydroxylation is 2. The molecule has 5 unspecified atom stereocenters. The lowest BCUT2D eigenvalue weighted by Gasteiger charge is -2.36. The predicted octanol–water partition coefficient (Wildman–Crippen LogP) is 25.2. The van der Waals surface area contributed by atoms with Crippen LogP contribution in [0.1, 0.15) is 149 Å². The first-order valence-electron chi connectivity index (χ1n) is 46.4. The Morgan fingerprint density at radius 2 is 0.775 bits per heavy atom. The first-order valence-corrected chi connectivity index (χ1v) is 49.0. The monoisotopic (exact) mass is 1970 g/mol. The summed E-state index contributed by atoms with van der Waals surface area (Å²) in [6.07, 6.45) is 23.8. The summed E-state index contributed by atoms with van der Waals surface area (Å²) < 4.78 is 49.8. The first-order chi connectivity index (χ1) is 67.4. The number of carbonyl (C=O) groups is 4. The second-order valence-corrected chi connectivity index (χ2v) is 36.4. The van der Waals surface area contributed by atoms with Crippen LogP contribution in [0, 0.1) is 12.3 Å². The van der Waals surface area contributed by atoms with E-state index >= 15 is 0 Å². The zero-order valence-corrected chi connectivity index (χ0v) is 81.2. The molecule has 19 rings (SSSR count). The maximum Gasteiger partial charge on any atom is 0.410 e. The number of nitrogens with zero attached hydrogens (tertiary/aromatic N) is 8. The standard InChI is InChI=1S/C28H26Cl2N2O3.C28H27ClN4O3.C27H27ClN4O3.C25H28Cl2N2O3/c29-14-4-16-34-22-10-7-20(8-11-22)27-26-23(24-17-21(30)9-12-25(24)31-26)13-15-32(27)28(33)35-18-19-5-2-1-3-6-19;1-2-3-16-36-28(34)33-14-11-23-24-18-21(29)7-10-25(24)31-26(23)27(33)20-5-8-22(9-6-20)35-17-4-13-32-15-12-30-19-32;1-2-15-35-27(33)32-13-10-22-23-17-20(28)6-9-24(23)30-25(22)26(32)19-4-7-21(8-5-19)34-16-3-12-31-14-11-29-18-31;1-3-16(2)32-25(30)29-13-11-20-21-15-18(27)7-10-22(21)28-23(20)24(29)17-5-8-19(9-6-17)31-14-4-12-26/h1-3,5-12,17,27,31H,4,13-16,18H2;1,5-10,12,15,18-19,27,31H,3-4,11,13-14,16-17H2;2,4-9,11,14,17-18,26,30H,1,3,10,12-13,15-16H2;5-10,15-16,24,28H,3-4,11-14H2,1-2H3. The van der Waals surface area contributed by atoms with Crippen LogP contribution in [0.3, 0.4) is 0 Å². The molecule has 15 aromatic rings. The minimum atomic E-state index is -0.377. The summed E-state index contributed by atoms with van der Waals surface area (Å²) in [6, 6.07) is 63.5. The van der Waals surface area contributed by atoms with Crippen LogP contribution in [0.5, 0.6) is 23.0 Å². The molecule has 10 heterocycles. The summed E-state index contributed by atoms with van der Waals surface area (Å²) in [5.41, 5.74) is 17.6. The second kappa shape index (κ2) is 47.3. The van der Waals surface area contributed by atoms with Gasteiger partial charge in [0.1, 0.15) is 73.1 Å². The number of benzene rings is 9. The number of hydrogen-bond acceptors (Lipinski definition) is 14. The van der Waals surface area contributed by atoms with E-state index in [1.54, 1.807) is 45.8 Å². The number of amides is 4. The van der Waals surface area contributed by atoms with Crippen molar-refractivity contribution in [3.63, 3.8) is 0 Å². The van der Waals surface area contributed by atoms with Crippen molar-refractivity contribution in [1.82, 2.24) is 58.6 Å². The number of carbonyl (C=O) groups excluding carboxylic acids is 4. The van der Waals surface area contributed by atoms with Crippen molar-refractivity contribution in [2.24, 2.45) is 0 Å². The molecular weight excluding hydrogens is 1870 g/mol. The van der Waals surface area contributed by atoms with Crippen LogP contribution in [0.25, 0.3) is 43.6 Å². The molecule has 30 heteroatoms. The first kappa shape index (κ1) is 97.9. The van der Waals surface area contributed by atoms with E-state index in [2.05, 4.69) is 42.4 Å². The third-order valence-corrected chi connectivity index (χ3v) is 26.3. The fraction of sp³-hybridized carbons (Fsp3) is 0.296. The van der Waals surface area contributed by atoms with Gasteiger partial charge in [-0.25, -0.2) is 29.1 Å². The smallest absolute Gasteiger partial charge is 0.410 e. The molecule has 0 saturated carbocycles. The molecule has 24 nitrogen and oxygen atoms in total. The van der Waals surface area contributed by atoms with Gasteiger partial charge in [0.05, 0.1) is 39.1 Å². The van der Waals surface area contributed by atoms with E-state index in [1.807, 2.05) is 240 Å². The Morgan fingerprint density at radius 1 is 0.442 bits per heavy atom. The lowest BCUT2D eigenvalue weighted by atomic mass is 9.92. The zero-order chi connectivity index (χ0) is 96.0. The van der Waals surface area contributed by atoms with E-state index in [4.69, 9.17) is 114 Å². The number of H-pyrrole nitrogens is 4. The number of aromatic nitrogens is 8. The molecule has 4 aliphatic heterocycles. The van der Waals surface area contributed by atoms with Crippen LogP contribution in [-0.4, -0.2) is 167 Å². The number of fused-ring (bicyclic) bond motifs is 12. The number of alkyl halides is 2. The highest BCUT2D eigenvalue weighted by molar-refractivity contribution is 6.32. The predicted molar refractivity (Wildman–Crippen MR) is 544 cm³/mol. The van der Waals surface area contributed by atoms with Gasteiger partial charge >= 0.3 is 24.4 Å². The molecule has 4 amide bonds. The number of rotatable bonds is 30. The Hall–Kier alpha value is -13.1. The van der Waals surface area contributed by atoms with Crippen molar-refractivity contribution in [3.8, 4) is 35.3 Å². The van der Waals surface area contributed by atoms with Gasteiger partial charge in [-0.3, -0.25) is 19.6 Å². The Balaban J connectivity index is 0.000000133. The lowest BCUT2D eigenvalue weighted by Crippen LogP contribution is -2.41. The minimum absolute atomic E-state index is 0.135. The van der Waals surface area contributed by atoms with E-state index in [0.717, 1.165) is 169 Å². The molecule has 0 saturated heterocycles. The number of terminal acetylenes is 1. The van der Waals surface area contributed by atoms with Gasteiger partial charge in [0.25, 0.3) is 0 Å². The molecule has 138 heavy (non-hydrogen) atoms. The maximum absolute atomic E-state index is 13.3. The van der Waals surface area contributed by atoms with Gasteiger partial charge < -0.3 is 67.0 Å². The molecule has 714 valence electrons. The highest BCUT2D eigenvalue weighted by Gasteiger charge is 2.41. The van der Waals surface area contributed by atoms with Crippen molar-refractivity contribution in [2.75, 3.05) is 77.6 Å². The topological polar surface area (TPSA) is 254 Å². The summed E-state index contributed by atoms with van der Waals surface area (Å²) in [4.78, 5) is 81.8. The van der Waals surface area contributed by atoms with Crippen molar-refractivity contribution in [1.29, 1.82) is 0 Å². The van der Waals surface area contributed by atoms with E-state index < -0.39 is 0 Å². The highest BCUT2D eigenvalue weighted by Crippen LogP contribution is 2.46. The van der Waals surface area contributed by atoms with Crippen molar-refractivity contribution in [3.05, 3.63) is 343 Å². The largest absolute Gasteiger partial charge is 0.494 e. The Bertz CT molecular complexity index is 6670. The van der Waals surface area contributed by atoms with E-state index in [-0.39, 0.29) is 74.5 Å². The Kier molecular flexibility index (Phi) is 33.6. The zero-order valence-electron chi connectivity index (χ0n) is 76.7. The average Bonchev–Trinajstić information content (AvgIpc) is 1.61. The Morgan fingerprint density at radius 3 is 1.09 bits per heavy atom. The van der Waals surface area contributed by atoms with Gasteiger partial charge in [-0.05, 0) is 236 Å². The number of aromatic amines is 4. The molecule has 0 aliphatic carbocycles. The normalized spacial score (nSPS) is 15.4. The van der Waals surface area contributed by atoms with Crippen molar-refractivity contribution in [2.45, 2.75) is 128 Å². The van der Waals surface area contributed by atoms with Crippen LogP contribution >= 0.6 is 69.6 Å². The minimum Gasteiger partial charge on any atom is -0.494 e.